The Hall–Kier alpha value is -1.55. The molecule has 0 aliphatic carbocycles. The Bertz CT molecular complexity index is 440. The van der Waals surface area contributed by atoms with Crippen LogP contribution in [0.25, 0.3) is 0 Å². The van der Waals surface area contributed by atoms with E-state index in [1.807, 2.05) is 25.1 Å². The number of benzene rings is 1. The molecule has 1 fully saturated rings. The fourth-order valence-electron chi connectivity index (χ4n) is 2.34. The largest absolute Gasteiger partial charge is 0.399 e. The maximum absolute atomic E-state index is 11.8. The molecule has 4 nitrogen and oxygen atoms in total. The van der Waals surface area contributed by atoms with E-state index in [1.54, 1.807) is 0 Å². The molecule has 1 heterocycles. The van der Waals surface area contributed by atoms with Crippen molar-refractivity contribution in [3.05, 3.63) is 29.3 Å². The van der Waals surface area contributed by atoms with Crippen LogP contribution in [-0.2, 0) is 16.1 Å². The van der Waals surface area contributed by atoms with Crippen LogP contribution in [0.4, 0.5) is 5.69 Å². The molecule has 2 rings (SSSR count). The molecule has 19 heavy (non-hydrogen) atoms. The van der Waals surface area contributed by atoms with Gasteiger partial charge in [-0.25, -0.2) is 0 Å². The molecule has 1 saturated heterocycles. The molecule has 1 aliphatic heterocycles. The van der Waals surface area contributed by atoms with Gasteiger partial charge in [0.25, 0.3) is 0 Å². The van der Waals surface area contributed by atoms with E-state index in [1.165, 1.54) is 0 Å². The van der Waals surface area contributed by atoms with E-state index in [4.69, 9.17) is 10.5 Å². The van der Waals surface area contributed by atoms with Gasteiger partial charge in [0.2, 0.25) is 5.91 Å². The SMILES string of the molecule is Cc1c(N)cccc1CNC(=O)CCC1CCCO1. The lowest BCUT2D eigenvalue weighted by Crippen LogP contribution is -2.24. The van der Waals surface area contributed by atoms with E-state index in [2.05, 4.69) is 5.32 Å². The molecular formula is C15H22N2O2. The van der Waals surface area contributed by atoms with Gasteiger partial charge < -0.3 is 15.8 Å². The standard InChI is InChI=1S/C15H22N2O2/c1-11-12(4-2-6-14(11)16)10-17-15(18)8-7-13-5-3-9-19-13/h2,4,6,13H,3,5,7-10,16H2,1H3,(H,17,18). The van der Waals surface area contributed by atoms with Crippen molar-refractivity contribution in [1.29, 1.82) is 0 Å². The predicted molar refractivity (Wildman–Crippen MR) is 75.6 cm³/mol. The van der Waals surface area contributed by atoms with E-state index in [9.17, 15) is 4.79 Å². The summed E-state index contributed by atoms with van der Waals surface area (Å²) in [5.41, 5.74) is 8.73. The van der Waals surface area contributed by atoms with Crippen LogP contribution in [0.5, 0.6) is 0 Å². The number of hydrogen-bond acceptors (Lipinski definition) is 3. The number of nitrogens with two attached hydrogens (primary N) is 1. The second-order valence-electron chi connectivity index (χ2n) is 5.08. The quantitative estimate of drug-likeness (QED) is 0.799. The van der Waals surface area contributed by atoms with Crippen molar-refractivity contribution in [2.75, 3.05) is 12.3 Å². The van der Waals surface area contributed by atoms with Crippen molar-refractivity contribution >= 4 is 11.6 Å². The highest BCUT2D eigenvalue weighted by atomic mass is 16.5. The third-order valence-electron chi connectivity index (χ3n) is 3.68. The van der Waals surface area contributed by atoms with Crippen LogP contribution >= 0.6 is 0 Å². The summed E-state index contributed by atoms with van der Waals surface area (Å²) in [5.74, 6) is 0.0809. The van der Waals surface area contributed by atoms with Crippen LogP contribution < -0.4 is 11.1 Å². The van der Waals surface area contributed by atoms with E-state index in [0.29, 0.717) is 13.0 Å². The molecule has 1 aromatic rings. The minimum absolute atomic E-state index is 0.0809. The summed E-state index contributed by atoms with van der Waals surface area (Å²) < 4.78 is 5.50. The van der Waals surface area contributed by atoms with E-state index in [0.717, 1.165) is 42.7 Å². The maximum Gasteiger partial charge on any atom is 0.220 e. The van der Waals surface area contributed by atoms with Gasteiger partial charge in [0, 0.05) is 25.3 Å². The fourth-order valence-corrected chi connectivity index (χ4v) is 2.34. The van der Waals surface area contributed by atoms with E-state index < -0.39 is 0 Å². The summed E-state index contributed by atoms with van der Waals surface area (Å²) in [4.78, 5) is 11.8. The van der Waals surface area contributed by atoms with Crippen molar-refractivity contribution in [1.82, 2.24) is 5.32 Å². The first-order valence-corrected chi connectivity index (χ1v) is 6.89. The first-order chi connectivity index (χ1) is 9.16. The van der Waals surface area contributed by atoms with Gasteiger partial charge in [-0.3, -0.25) is 4.79 Å². The van der Waals surface area contributed by atoms with Crippen LogP contribution in [-0.4, -0.2) is 18.6 Å². The number of nitrogens with one attached hydrogen (secondary N) is 1. The number of rotatable bonds is 5. The third-order valence-corrected chi connectivity index (χ3v) is 3.68. The highest BCUT2D eigenvalue weighted by molar-refractivity contribution is 5.76. The number of carbonyl (C=O) groups excluding carboxylic acids is 1. The number of anilines is 1. The van der Waals surface area contributed by atoms with Crippen molar-refractivity contribution in [3.63, 3.8) is 0 Å². The summed E-state index contributed by atoms with van der Waals surface area (Å²) in [7, 11) is 0. The summed E-state index contributed by atoms with van der Waals surface area (Å²) in [6.07, 6.45) is 3.84. The minimum Gasteiger partial charge on any atom is -0.399 e. The Kier molecular flexibility index (Phi) is 4.80. The average molecular weight is 262 g/mol. The molecule has 1 unspecified atom stereocenters. The third kappa shape index (κ3) is 3.96. The first-order valence-electron chi connectivity index (χ1n) is 6.89. The molecular weight excluding hydrogens is 240 g/mol. The first kappa shape index (κ1) is 13.9. The Morgan fingerprint density at radius 1 is 1.53 bits per heavy atom. The number of carbonyl (C=O) groups is 1. The molecule has 1 aromatic carbocycles. The number of amides is 1. The monoisotopic (exact) mass is 262 g/mol. The van der Waals surface area contributed by atoms with E-state index >= 15 is 0 Å². The van der Waals surface area contributed by atoms with Crippen LogP contribution in [0.2, 0.25) is 0 Å². The molecule has 1 amide bonds. The molecule has 0 aromatic heterocycles. The summed E-state index contributed by atoms with van der Waals surface area (Å²) in [6.45, 7) is 3.36. The summed E-state index contributed by atoms with van der Waals surface area (Å²) >= 11 is 0. The van der Waals surface area contributed by atoms with Crippen molar-refractivity contribution in [3.8, 4) is 0 Å². The van der Waals surface area contributed by atoms with Crippen LogP contribution in [0, 0.1) is 6.92 Å². The Balaban J connectivity index is 1.75. The second kappa shape index (κ2) is 6.57. The zero-order chi connectivity index (χ0) is 13.7. The molecule has 4 heteroatoms. The molecule has 0 bridgehead atoms. The number of hydrogen-bond donors (Lipinski definition) is 2. The lowest BCUT2D eigenvalue weighted by atomic mass is 10.1. The van der Waals surface area contributed by atoms with Gasteiger partial charge in [-0.1, -0.05) is 12.1 Å². The lowest BCUT2D eigenvalue weighted by Gasteiger charge is -2.11. The number of nitrogen functional groups attached to an aromatic ring is 1. The number of ether oxygens (including phenoxy) is 1. The van der Waals surface area contributed by atoms with Crippen molar-refractivity contribution in [2.24, 2.45) is 0 Å². The summed E-state index contributed by atoms with van der Waals surface area (Å²) in [6, 6.07) is 5.78. The van der Waals surface area contributed by atoms with Crippen LogP contribution in [0.3, 0.4) is 0 Å². The van der Waals surface area contributed by atoms with Gasteiger partial charge in [-0.2, -0.15) is 0 Å². The highest BCUT2D eigenvalue weighted by Crippen LogP contribution is 2.17. The highest BCUT2D eigenvalue weighted by Gasteiger charge is 2.16. The predicted octanol–water partition coefficient (Wildman–Crippen LogP) is 2.15. The Labute approximate surface area is 114 Å². The zero-order valence-corrected chi connectivity index (χ0v) is 11.4. The lowest BCUT2D eigenvalue weighted by molar-refractivity contribution is -0.121. The topological polar surface area (TPSA) is 64.3 Å². The normalized spacial score (nSPS) is 18.5. The zero-order valence-electron chi connectivity index (χ0n) is 11.4. The minimum atomic E-state index is 0.0809. The molecule has 0 radical (unpaired) electrons. The van der Waals surface area contributed by atoms with Gasteiger partial charge in [-0.15, -0.1) is 0 Å². The molecule has 0 saturated carbocycles. The van der Waals surface area contributed by atoms with Crippen molar-refractivity contribution < 1.29 is 9.53 Å². The van der Waals surface area contributed by atoms with Gasteiger partial charge in [0.05, 0.1) is 6.10 Å². The molecule has 0 spiro atoms. The molecule has 1 atom stereocenters. The smallest absolute Gasteiger partial charge is 0.220 e. The maximum atomic E-state index is 11.8. The second-order valence-corrected chi connectivity index (χ2v) is 5.08. The average Bonchev–Trinajstić information content (AvgIpc) is 2.91. The Morgan fingerprint density at radius 2 is 2.37 bits per heavy atom. The van der Waals surface area contributed by atoms with E-state index in [-0.39, 0.29) is 12.0 Å². The molecule has 3 N–H and O–H groups in total. The van der Waals surface area contributed by atoms with Gasteiger partial charge in [-0.05, 0) is 43.4 Å². The van der Waals surface area contributed by atoms with Gasteiger partial charge >= 0.3 is 0 Å². The fraction of sp³-hybridized carbons (Fsp3) is 0.533. The van der Waals surface area contributed by atoms with Crippen LogP contribution in [0.15, 0.2) is 18.2 Å². The van der Waals surface area contributed by atoms with Crippen LogP contribution in [0.1, 0.15) is 36.8 Å². The van der Waals surface area contributed by atoms with Gasteiger partial charge in [0.15, 0.2) is 0 Å². The Morgan fingerprint density at radius 3 is 3.11 bits per heavy atom. The molecule has 1 aliphatic rings. The molecule has 104 valence electrons. The van der Waals surface area contributed by atoms with Crippen molar-refractivity contribution in [2.45, 2.75) is 45.3 Å². The van der Waals surface area contributed by atoms with Gasteiger partial charge in [0.1, 0.15) is 0 Å². The summed E-state index contributed by atoms with van der Waals surface area (Å²) in [5, 5.41) is 2.94.